The molecule has 1 N–H and O–H groups in total. The van der Waals surface area contributed by atoms with Crippen molar-refractivity contribution in [3.63, 3.8) is 0 Å². The third-order valence-corrected chi connectivity index (χ3v) is 1.40. The Labute approximate surface area is 70.9 Å². The second-order valence-corrected chi connectivity index (χ2v) is 2.51. The number of hydrogen-bond donors (Lipinski definition) is 1. The summed E-state index contributed by atoms with van der Waals surface area (Å²) in [5.74, 6) is 0.581. The minimum absolute atomic E-state index is 0.0198. The van der Waals surface area contributed by atoms with Crippen molar-refractivity contribution in [2.75, 3.05) is 6.54 Å². The Morgan fingerprint density at radius 3 is 3.17 bits per heavy atom. The molecule has 1 rings (SSSR count). The lowest BCUT2D eigenvalue weighted by Gasteiger charge is -1.99. The van der Waals surface area contributed by atoms with Crippen LogP contribution in [0.5, 0.6) is 0 Å². The van der Waals surface area contributed by atoms with Gasteiger partial charge < -0.3 is 9.84 Å². The minimum atomic E-state index is -0.0198. The molecule has 4 nitrogen and oxygen atoms in total. The van der Waals surface area contributed by atoms with Crippen LogP contribution in [0.3, 0.4) is 0 Å². The predicted molar refractivity (Wildman–Crippen MR) is 43.5 cm³/mol. The number of carbonyl (C=O) groups excluding carboxylic acids is 1. The first-order valence-electron chi connectivity index (χ1n) is 3.99. The van der Waals surface area contributed by atoms with E-state index in [9.17, 15) is 4.79 Å². The Morgan fingerprint density at radius 2 is 2.58 bits per heavy atom. The maximum Gasteiger partial charge on any atom is 0.227 e. The molecule has 0 saturated heterocycles. The quantitative estimate of drug-likeness (QED) is 0.721. The van der Waals surface area contributed by atoms with Gasteiger partial charge in [-0.2, -0.15) is 0 Å². The molecule has 0 aromatic carbocycles. The SMILES string of the molecule is CCCNC(=O)Cc1ccno1. The third kappa shape index (κ3) is 2.74. The number of hydrogen-bond acceptors (Lipinski definition) is 3. The Bertz CT molecular complexity index is 231. The fourth-order valence-corrected chi connectivity index (χ4v) is 0.818. The van der Waals surface area contributed by atoms with Gasteiger partial charge in [-0.25, -0.2) is 0 Å². The van der Waals surface area contributed by atoms with E-state index >= 15 is 0 Å². The van der Waals surface area contributed by atoms with Gasteiger partial charge >= 0.3 is 0 Å². The van der Waals surface area contributed by atoms with E-state index in [-0.39, 0.29) is 12.3 Å². The summed E-state index contributed by atoms with van der Waals surface area (Å²) in [7, 11) is 0. The first kappa shape index (κ1) is 8.77. The van der Waals surface area contributed by atoms with E-state index in [0.717, 1.165) is 6.42 Å². The van der Waals surface area contributed by atoms with Gasteiger partial charge in [-0.3, -0.25) is 4.79 Å². The lowest BCUT2D eigenvalue weighted by molar-refractivity contribution is -0.120. The van der Waals surface area contributed by atoms with Gasteiger partial charge in [-0.05, 0) is 6.42 Å². The molecule has 0 bridgehead atoms. The highest BCUT2D eigenvalue weighted by Crippen LogP contribution is 1.96. The zero-order valence-electron chi connectivity index (χ0n) is 7.04. The summed E-state index contributed by atoms with van der Waals surface area (Å²) < 4.78 is 4.77. The highest BCUT2D eigenvalue weighted by Gasteiger charge is 2.04. The average Bonchev–Trinajstić information content (AvgIpc) is 2.53. The monoisotopic (exact) mass is 168 g/mol. The molecule has 0 atom stereocenters. The Hall–Kier alpha value is -1.32. The third-order valence-electron chi connectivity index (χ3n) is 1.40. The van der Waals surface area contributed by atoms with Gasteiger partial charge in [-0.1, -0.05) is 12.1 Å². The van der Waals surface area contributed by atoms with E-state index in [1.54, 1.807) is 6.07 Å². The molecule has 0 aliphatic heterocycles. The fraction of sp³-hybridized carbons (Fsp3) is 0.500. The van der Waals surface area contributed by atoms with E-state index in [0.29, 0.717) is 12.3 Å². The zero-order valence-corrected chi connectivity index (χ0v) is 7.04. The molecular weight excluding hydrogens is 156 g/mol. The van der Waals surface area contributed by atoms with Crippen LogP contribution in [0.4, 0.5) is 0 Å². The zero-order chi connectivity index (χ0) is 8.81. The van der Waals surface area contributed by atoms with Crippen molar-refractivity contribution in [2.24, 2.45) is 0 Å². The van der Waals surface area contributed by atoms with Crippen LogP contribution < -0.4 is 5.32 Å². The van der Waals surface area contributed by atoms with Crippen LogP contribution in [0, 0.1) is 0 Å². The first-order chi connectivity index (χ1) is 5.83. The number of rotatable bonds is 4. The molecule has 1 aromatic heterocycles. The molecule has 1 aromatic rings. The smallest absolute Gasteiger partial charge is 0.227 e. The van der Waals surface area contributed by atoms with E-state index < -0.39 is 0 Å². The van der Waals surface area contributed by atoms with Crippen molar-refractivity contribution in [1.29, 1.82) is 0 Å². The molecule has 4 heteroatoms. The molecule has 1 heterocycles. The summed E-state index contributed by atoms with van der Waals surface area (Å²) in [6, 6.07) is 1.69. The van der Waals surface area contributed by atoms with Crippen LogP contribution in [-0.2, 0) is 11.2 Å². The lowest BCUT2D eigenvalue weighted by Crippen LogP contribution is -2.25. The molecule has 0 unspecified atom stereocenters. The number of aromatic nitrogens is 1. The van der Waals surface area contributed by atoms with E-state index in [1.165, 1.54) is 6.20 Å². The van der Waals surface area contributed by atoms with Gasteiger partial charge in [0.1, 0.15) is 5.76 Å². The summed E-state index contributed by atoms with van der Waals surface area (Å²) >= 11 is 0. The standard InChI is InChI=1S/C8H12N2O2/c1-2-4-9-8(11)6-7-3-5-10-12-7/h3,5H,2,4,6H2,1H3,(H,9,11). The molecule has 12 heavy (non-hydrogen) atoms. The molecule has 0 fully saturated rings. The van der Waals surface area contributed by atoms with E-state index in [4.69, 9.17) is 4.52 Å². The number of nitrogens with one attached hydrogen (secondary N) is 1. The Morgan fingerprint density at radius 1 is 1.75 bits per heavy atom. The summed E-state index contributed by atoms with van der Waals surface area (Å²) in [5, 5.41) is 6.24. The van der Waals surface area contributed by atoms with E-state index in [2.05, 4.69) is 10.5 Å². The van der Waals surface area contributed by atoms with Gasteiger partial charge in [0, 0.05) is 12.6 Å². The van der Waals surface area contributed by atoms with Crippen LogP contribution in [-0.4, -0.2) is 17.6 Å². The maximum absolute atomic E-state index is 11.1. The average molecular weight is 168 g/mol. The minimum Gasteiger partial charge on any atom is -0.361 e. The Kier molecular flexibility index (Phi) is 3.32. The number of carbonyl (C=O) groups is 1. The molecule has 0 aliphatic rings. The molecule has 0 aliphatic carbocycles. The highest BCUT2D eigenvalue weighted by molar-refractivity contribution is 5.77. The summed E-state index contributed by atoms with van der Waals surface area (Å²) in [4.78, 5) is 11.1. The maximum atomic E-state index is 11.1. The highest BCUT2D eigenvalue weighted by atomic mass is 16.5. The van der Waals surface area contributed by atoms with Crippen LogP contribution >= 0.6 is 0 Å². The van der Waals surface area contributed by atoms with Crippen molar-refractivity contribution < 1.29 is 9.32 Å². The molecule has 0 saturated carbocycles. The van der Waals surface area contributed by atoms with Crippen LogP contribution in [0.25, 0.3) is 0 Å². The molecule has 1 amide bonds. The van der Waals surface area contributed by atoms with Gasteiger partial charge in [0.15, 0.2) is 0 Å². The molecule has 66 valence electrons. The van der Waals surface area contributed by atoms with Gasteiger partial charge in [0.2, 0.25) is 5.91 Å². The summed E-state index contributed by atoms with van der Waals surface area (Å²) in [6.07, 6.45) is 2.75. The van der Waals surface area contributed by atoms with Crippen LogP contribution in [0.1, 0.15) is 19.1 Å². The first-order valence-corrected chi connectivity index (χ1v) is 3.99. The van der Waals surface area contributed by atoms with Crippen molar-refractivity contribution >= 4 is 5.91 Å². The van der Waals surface area contributed by atoms with Crippen LogP contribution in [0.15, 0.2) is 16.8 Å². The van der Waals surface area contributed by atoms with Gasteiger partial charge in [0.25, 0.3) is 0 Å². The van der Waals surface area contributed by atoms with E-state index in [1.807, 2.05) is 6.92 Å². The van der Waals surface area contributed by atoms with Crippen molar-refractivity contribution in [3.05, 3.63) is 18.0 Å². The topological polar surface area (TPSA) is 55.1 Å². The van der Waals surface area contributed by atoms with Gasteiger partial charge in [0.05, 0.1) is 12.6 Å². The van der Waals surface area contributed by atoms with Crippen molar-refractivity contribution in [3.8, 4) is 0 Å². The molecule has 0 spiro atoms. The number of amides is 1. The van der Waals surface area contributed by atoms with Crippen molar-refractivity contribution in [1.82, 2.24) is 10.5 Å². The second-order valence-electron chi connectivity index (χ2n) is 2.51. The molecular formula is C8H12N2O2. The summed E-state index contributed by atoms with van der Waals surface area (Å²) in [6.45, 7) is 2.72. The van der Waals surface area contributed by atoms with Crippen LogP contribution in [0.2, 0.25) is 0 Å². The number of nitrogens with zero attached hydrogens (tertiary/aromatic N) is 1. The Balaban J connectivity index is 2.27. The normalized spacial score (nSPS) is 9.75. The largest absolute Gasteiger partial charge is 0.361 e. The second kappa shape index (κ2) is 4.54. The fourth-order valence-electron chi connectivity index (χ4n) is 0.818. The molecule has 0 radical (unpaired) electrons. The predicted octanol–water partition coefficient (Wildman–Crippen LogP) is 0.743. The summed E-state index contributed by atoms with van der Waals surface area (Å²) in [5.41, 5.74) is 0. The van der Waals surface area contributed by atoms with Crippen molar-refractivity contribution in [2.45, 2.75) is 19.8 Å². The lowest BCUT2D eigenvalue weighted by atomic mass is 10.3. The van der Waals surface area contributed by atoms with Gasteiger partial charge in [-0.15, -0.1) is 0 Å².